The van der Waals surface area contributed by atoms with Gasteiger partial charge in [0.15, 0.2) is 22.0 Å². The fourth-order valence-corrected chi connectivity index (χ4v) is 3.74. The van der Waals surface area contributed by atoms with E-state index in [1.54, 1.807) is 38.3 Å². The maximum absolute atomic E-state index is 12.6. The van der Waals surface area contributed by atoms with Gasteiger partial charge in [-0.15, -0.1) is 0 Å². The molecule has 3 rings (SSSR count). The van der Waals surface area contributed by atoms with Crippen molar-refractivity contribution in [3.63, 3.8) is 0 Å². The molecule has 1 aromatic carbocycles. The van der Waals surface area contributed by atoms with E-state index in [-0.39, 0.29) is 5.91 Å². The summed E-state index contributed by atoms with van der Waals surface area (Å²) < 4.78 is 20.6. The van der Waals surface area contributed by atoms with Crippen LogP contribution in [-0.4, -0.2) is 48.2 Å². The number of nitrogens with zero attached hydrogens (tertiary/aromatic N) is 4. The Morgan fingerprint density at radius 3 is 2.59 bits per heavy atom. The quantitative estimate of drug-likeness (QED) is 0.619. The zero-order valence-electron chi connectivity index (χ0n) is 15.8. The summed E-state index contributed by atoms with van der Waals surface area (Å²) in [6, 6.07) is 5.45. The third kappa shape index (κ3) is 3.88. The normalized spacial score (nSPS) is 11.9. The largest absolute Gasteiger partial charge is 0.493 e. The molecule has 0 saturated heterocycles. The van der Waals surface area contributed by atoms with Gasteiger partial charge in [-0.05, 0) is 13.0 Å². The number of aryl methyl sites for hydroxylation is 1. The Labute approximate surface area is 160 Å². The van der Waals surface area contributed by atoms with E-state index in [4.69, 9.17) is 14.2 Å². The lowest BCUT2D eigenvalue weighted by atomic mass is 10.3. The van der Waals surface area contributed by atoms with E-state index < -0.39 is 0 Å². The number of benzene rings is 1. The van der Waals surface area contributed by atoms with Crippen molar-refractivity contribution < 1.29 is 19.0 Å². The van der Waals surface area contributed by atoms with E-state index >= 15 is 0 Å². The molecule has 2 heterocycles. The summed E-state index contributed by atoms with van der Waals surface area (Å²) in [5, 5.41) is 4.23. The highest BCUT2D eigenvalue weighted by Gasteiger charge is 2.14. The summed E-state index contributed by atoms with van der Waals surface area (Å²) in [7, 11) is 4.82. The number of hydrogen-bond donors (Lipinski definition) is 0. The molecule has 8 nitrogen and oxygen atoms in total. The molecular formula is C18H22N4O4S. The van der Waals surface area contributed by atoms with Gasteiger partial charge in [0.25, 0.3) is 5.91 Å². The summed E-state index contributed by atoms with van der Waals surface area (Å²) in [6.07, 6.45) is 1.77. The lowest BCUT2D eigenvalue weighted by Gasteiger charge is -2.09. The molecule has 0 saturated carbocycles. The van der Waals surface area contributed by atoms with Crippen LogP contribution in [0.4, 0.5) is 0 Å². The fraction of sp³-hybridized carbons (Fsp3) is 0.389. The van der Waals surface area contributed by atoms with Crippen LogP contribution in [0.2, 0.25) is 0 Å². The Hall–Kier alpha value is -2.65. The van der Waals surface area contributed by atoms with Gasteiger partial charge in [-0.25, -0.2) is 0 Å². The Balaban J connectivity index is 2.13. The van der Waals surface area contributed by atoms with Crippen molar-refractivity contribution >= 4 is 27.5 Å². The number of fused-ring (bicyclic) bond motifs is 1. The van der Waals surface area contributed by atoms with Crippen LogP contribution in [-0.2, 0) is 17.8 Å². The van der Waals surface area contributed by atoms with Crippen LogP contribution < -0.4 is 14.3 Å². The van der Waals surface area contributed by atoms with Crippen LogP contribution in [0.25, 0.3) is 10.2 Å². The summed E-state index contributed by atoms with van der Waals surface area (Å²) in [5.41, 5.74) is 1.23. The van der Waals surface area contributed by atoms with Crippen LogP contribution >= 0.6 is 11.3 Å². The van der Waals surface area contributed by atoms with Gasteiger partial charge in [0, 0.05) is 38.5 Å². The maximum atomic E-state index is 12.6. The van der Waals surface area contributed by atoms with Gasteiger partial charge in [0.2, 0.25) is 0 Å². The van der Waals surface area contributed by atoms with E-state index in [0.29, 0.717) is 41.7 Å². The van der Waals surface area contributed by atoms with Crippen molar-refractivity contribution in [2.75, 3.05) is 27.9 Å². The first-order chi connectivity index (χ1) is 13.1. The number of thiazole rings is 1. The topological polar surface area (TPSA) is 79.9 Å². The van der Waals surface area contributed by atoms with Crippen molar-refractivity contribution in [1.29, 1.82) is 0 Å². The SMILES string of the molecule is CCn1ccc(C(=O)N=c2sc3cc(OC)c(OC)cc3n2CCOC)n1. The van der Waals surface area contributed by atoms with Crippen molar-refractivity contribution in [2.24, 2.45) is 4.99 Å². The number of methoxy groups -OCH3 is 3. The van der Waals surface area contributed by atoms with Gasteiger partial charge >= 0.3 is 0 Å². The molecule has 0 aliphatic heterocycles. The third-order valence-electron chi connectivity index (χ3n) is 4.09. The number of carbonyl (C=O) groups is 1. The first kappa shape index (κ1) is 19.1. The average Bonchev–Trinajstić information content (AvgIpc) is 3.29. The predicted octanol–water partition coefficient (Wildman–Crippen LogP) is 2.32. The summed E-state index contributed by atoms with van der Waals surface area (Å²) in [6.45, 7) is 3.71. The highest BCUT2D eigenvalue weighted by molar-refractivity contribution is 7.16. The Morgan fingerprint density at radius 1 is 1.22 bits per heavy atom. The molecule has 0 unspecified atom stereocenters. The van der Waals surface area contributed by atoms with Crippen LogP contribution in [0.1, 0.15) is 17.4 Å². The van der Waals surface area contributed by atoms with Gasteiger partial charge in [0.1, 0.15) is 0 Å². The summed E-state index contributed by atoms with van der Waals surface area (Å²) in [4.78, 5) is 17.4. The minimum Gasteiger partial charge on any atom is -0.493 e. The molecule has 1 amide bonds. The van der Waals surface area contributed by atoms with Crippen LogP contribution in [0, 0.1) is 0 Å². The number of rotatable bonds is 7. The van der Waals surface area contributed by atoms with E-state index in [1.807, 2.05) is 23.6 Å². The lowest BCUT2D eigenvalue weighted by Crippen LogP contribution is -2.19. The highest BCUT2D eigenvalue weighted by Crippen LogP contribution is 2.33. The second-order valence-electron chi connectivity index (χ2n) is 5.68. The monoisotopic (exact) mass is 390 g/mol. The zero-order valence-corrected chi connectivity index (χ0v) is 16.6. The molecule has 0 radical (unpaired) electrons. The second-order valence-corrected chi connectivity index (χ2v) is 6.69. The summed E-state index contributed by atoms with van der Waals surface area (Å²) >= 11 is 1.41. The molecule has 0 spiro atoms. The third-order valence-corrected chi connectivity index (χ3v) is 5.13. The van der Waals surface area contributed by atoms with E-state index in [2.05, 4.69) is 10.1 Å². The van der Waals surface area contributed by atoms with Crippen molar-refractivity contribution in [3.8, 4) is 11.5 Å². The lowest BCUT2D eigenvalue weighted by molar-refractivity contribution is 0.0992. The molecule has 0 N–H and O–H groups in total. The number of ether oxygens (including phenoxy) is 3. The van der Waals surface area contributed by atoms with E-state index in [9.17, 15) is 4.79 Å². The highest BCUT2D eigenvalue weighted by atomic mass is 32.1. The van der Waals surface area contributed by atoms with Crippen LogP contribution in [0.15, 0.2) is 29.4 Å². The van der Waals surface area contributed by atoms with Gasteiger partial charge in [-0.3, -0.25) is 9.48 Å². The Morgan fingerprint density at radius 2 is 1.96 bits per heavy atom. The molecule has 0 aliphatic rings. The number of hydrogen-bond acceptors (Lipinski definition) is 6. The number of aromatic nitrogens is 3. The first-order valence-corrected chi connectivity index (χ1v) is 9.29. The van der Waals surface area contributed by atoms with Crippen molar-refractivity contribution in [2.45, 2.75) is 20.0 Å². The second kappa shape index (κ2) is 8.36. The van der Waals surface area contributed by atoms with Gasteiger partial charge < -0.3 is 18.8 Å². The van der Waals surface area contributed by atoms with Gasteiger partial charge in [-0.1, -0.05) is 11.3 Å². The molecule has 9 heteroatoms. The fourth-order valence-electron chi connectivity index (χ4n) is 2.68. The molecule has 144 valence electrons. The molecule has 0 atom stereocenters. The van der Waals surface area contributed by atoms with Gasteiger partial charge in [0.05, 0.1) is 31.0 Å². The van der Waals surface area contributed by atoms with Gasteiger partial charge in [-0.2, -0.15) is 10.1 Å². The minimum absolute atomic E-state index is 0.322. The van der Waals surface area contributed by atoms with E-state index in [1.165, 1.54) is 11.3 Å². The molecule has 2 aromatic heterocycles. The van der Waals surface area contributed by atoms with Crippen molar-refractivity contribution in [3.05, 3.63) is 34.9 Å². The molecule has 27 heavy (non-hydrogen) atoms. The molecular weight excluding hydrogens is 368 g/mol. The Kier molecular flexibility index (Phi) is 5.92. The van der Waals surface area contributed by atoms with E-state index in [0.717, 1.165) is 10.2 Å². The van der Waals surface area contributed by atoms with Crippen molar-refractivity contribution in [1.82, 2.24) is 14.3 Å². The molecule has 0 aliphatic carbocycles. The number of amides is 1. The number of carbonyl (C=O) groups excluding carboxylic acids is 1. The molecule has 0 fully saturated rings. The van der Waals surface area contributed by atoms with Crippen LogP contribution in [0.3, 0.4) is 0 Å². The standard InChI is InChI=1S/C18H22N4O4S/c1-5-21-7-6-12(20-21)17(23)19-18-22(8-9-24-2)13-10-14(25-3)15(26-4)11-16(13)27-18/h6-7,10-11H,5,8-9H2,1-4H3. The predicted molar refractivity (Wildman–Crippen MR) is 103 cm³/mol. The minimum atomic E-state index is -0.376. The zero-order chi connectivity index (χ0) is 19.4. The first-order valence-electron chi connectivity index (χ1n) is 8.48. The molecule has 3 aromatic rings. The Bertz CT molecular complexity index is 1020. The summed E-state index contributed by atoms with van der Waals surface area (Å²) in [5.74, 6) is 0.872. The smallest absolute Gasteiger partial charge is 0.300 e. The van der Waals surface area contributed by atoms with Crippen LogP contribution in [0.5, 0.6) is 11.5 Å². The molecule has 0 bridgehead atoms. The maximum Gasteiger partial charge on any atom is 0.300 e. The average molecular weight is 390 g/mol.